The highest BCUT2D eigenvalue weighted by atomic mass is 19.1. The molecule has 0 aliphatic heterocycles. The summed E-state index contributed by atoms with van der Waals surface area (Å²) in [4.78, 5) is 24.4. The van der Waals surface area contributed by atoms with E-state index < -0.39 is 23.7 Å². The maximum absolute atomic E-state index is 13.4. The number of hydrogen-bond donors (Lipinski definition) is 3. The van der Waals surface area contributed by atoms with Crippen molar-refractivity contribution < 1.29 is 18.7 Å². The quantitative estimate of drug-likeness (QED) is 0.570. The van der Waals surface area contributed by atoms with Crippen LogP contribution >= 0.6 is 0 Å². The van der Waals surface area contributed by atoms with E-state index >= 15 is 0 Å². The number of halogens is 1. The molecule has 7 heteroatoms. The number of benzene rings is 3. The summed E-state index contributed by atoms with van der Waals surface area (Å²) in [6.07, 6.45) is 0. The molecule has 0 bridgehead atoms. The van der Waals surface area contributed by atoms with Gasteiger partial charge in [-0.1, -0.05) is 36.4 Å². The third-order valence-corrected chi connectivity index (χ3v) is 4.26. The molecule has 0 saturated carbocycles. The van der Waals surface area contributed by atoms with Gasteiger partial charge < -0.3 is 21.1 Å². The SMILES string of the molecule is COc1ccc(NC(C(N)=O)c2ccccc2)cc1NC(=O)c1cccc(F)c1. The Hall–Kier alpha value is -3.87. The number of carbonyl (C=O) groups excluding carboxylic acids is 2. The minimum absolute atomic E-state index is 0.171. The third kappa shape index (κ3) is 4.90. The van der Waals surface area contributed by atoms with E-state index in [4.69, 9.17) is 10.5 Å². The monoisotopic (exact) mass is 393 g/mol. The van der Waals surface area contributed by atoms with Crippen LogP contribution in [-0.4, -0.2) is 18.9 Å². The highest BCUT2D eigenvalue weighted by Gasteiger charge is 2.18. The molecule has 0 heterocycles. The second-order valence-corrected chi connectivity index (χ2v) is 6.27. The Morgan fingerprint density at radius 2 is 1.76 bits per heavy atom. The number of ether oxygens (including phenoxy) is 1. The van der Waals surface area contributed by atoms with Gasteiger partial charge in [-0.25, -0.2) is 4.39 Å². The number of primary amides is 1. The van der Waals surface area contributed by atoms with Gasteiger partial charge in [0.2, 0.25) is 5.91 Å². The van der Waals surface area contributed by atoms with Crippen molar-refractivity contribution in [2.45, 2.75) is 6.04 Å². The molecular weight excluding hydrogens is 373 g/mol. The van der Waals surface area contributed by atoms with Crippen molar-refractivity contribution in [2.24, 2.45) is 5.73 Å². The predicted octanol–water partition coefficient (Wildman–Crippen LogP) is 3.73. The van der Waals surface area contributed by atoms with Crippen LogP contribution in [0.2, 0.25) is 0 Å². The molecule has 29 heavy (non-hydrogen) atoms. The number of nitrogens with two attached hydrogens (primary N) is 1. The van der Waals surface area contributed by atoms with E-state index in [2.05, 4.69) is 10.6 Å². The molecule has 3 rings (SSSR count). The summed E-state index contributed by atoms with van der Waals surface area (Å²) in [7, 11) is 1.47. The van der Waals surface area contributed by atoms with Crippen molar-refractivity contribution in [3.63, 3.8) is 0 Å². The summed E-state index contributed by atoms with van der Waals surface area (Å²) in [6, 6.07) is 18.6. The highest BCUT2D eigenvalue weighted by Crippen LogP contribution is 2.30. The Kier molecular flexibility index (Phi) is 6.09. The summed E-state index contributed by atoms with van der Waals surface area (Å²) < 4.78 is 18.7. The van der Waals surface area contributed by atoms with Crippen molar-refractivity contribution in [1.29, 1.82) is 0 Å². The fraction of sp³-hybridized carbons (Fsp3) is 0.0909. The Morgan fingerprint density at radius 3 is 2.41 bits per heavy atom. The van der Waals surface area contributed by atoms with Gasteiger partial charge in [0.05, 0.1) is 12.8 Å². The molecule has 3 aromatic carbocycles. The molecule has 1 atom stereocenters. The molecule has 4 N–H and O–H groups in total. The highest BCUT2D eigenvalue weighted by molar-refractivity contribution is 6.05. The van der Waals surface area contributed by atoms with Crippen LogP contribution in [0.5, 0.6) is 5.75 Å². The molecule has 0 fully saturated rings. The van der Waals surface area contributed by atoms with Crippen molar-refractivity contribution in [1.82, 2.24) is 0 Å². The summed E-state index contributed by atoms with van der Waals surface area (Å²) in [6.45, 7) is 0. The average molecular weight is 393 g/mol. The van der Waals surface area contributed by atoms with Crippen molar-refractivity contribution >= 4 is 23.2 Å². The lowest BCUT2D eigenvalue weighted by atomic mass is 10.1. The molecule has 3 aromatic rings. The van der Waals surface area contributed by atoms with Crippen LogP contribution in [0.15, 0.2) is 72.8 Å². The number of nitrogens with one attached hydrogen (secondary N) is 2. The Morgan fingerprint density at radius 1 is 1.00 bits per heavy atom. The van der Waals surface area contributed by atoms with E-state index in [0.29, 0.717) is 22.7 Å². The first kappa shape index (κ1) is 19.9. The van der Waals surface area contributed by atoms with Crippen LogP contribution in [0.1, 0.15) is 22.0 Å². The van der Waals surface area contributed by atoms with Gasteiger partial charge in [0.25, 0.3) is 5.91 Å². The van der Waals surface area contributed by atoms with E-state index in [1.807, 2.05) is 18.2 Å². The van der Waals surface area contributed by atoms with Gasteiger partial charge >= 0.3 is 0 Å². The maximum atomic E-state index is 13.4. The van der Waals surface area contributed by atoms with Crippen LogP contribution in [0.3, 0.4) is 0 Å². The molecule has 148 valence electrons. The fourth-order valence-electron chi connectivity index (χ4n) is 2.85. The summed E-state index contributed by atoms with van der Waals surface area (Å²) in [5.41, 5.74) is 7.34. The number of amides is 2. The number of carbonyl (C=O) groups is 2. The Labute approximate surface area is 167 Å². The zero-order valence-electron chi connectivity index (χ0n) is 15.7. The molecule has 0 aromatic heterocycles. The number of rotatable bonds is 7. The molecule has 1 unspecified atom stereocenters. The smallest absolute Gasteiger partial charge is 0.255 e. The summed E-state index contributed by atoms with van der Waals surface area (Å²) >= 11 is 0. The number of hydrogen-bond acceptors (Lipinski definition) is 4. The zero-order valence-corrected chi connectivity index (χ0v) is 15.7. The van der Waals surface area contributed by atoms with Gasteiger partial charge in [-0.15, -0.1) is 0 Å². The number of anilines is 2. The average Bonchev–Trinajstić information content (AvgIpc) is 2.72. The van der Waals surface area contributed by atoms with E-state index in [1.54, 1.807) is 30.3 Å². The van der Waals surface area contributed by atoms with Crippen LogP contribution in [0, 0.1) is 5.82 Å². The molecule has 2 amide bonds. The third-order valence-electron chi connectivity index (χ3n) is 4.26. The van der Waals surface area contributed by atoms with E-state index in [0.717, 1.165) is 6.07 Å². The molecule has 0 aliphatic rings. The predicted molar refractivity (Wildman–Crippen MR) is 109 cm³/mol. The Balaban J connectivity index is 1.86. The lowest BCUT2D eigenvalue weighted by Gasteiger charge is -2.19. The van der Waals surface area contributed by atoms with E-state index in [9.17, 15) is 14.0 Å². The van der Waals surface area contributed by atoms with E-state index in [1.165, 1.54) is 25.3 Å². The van der Waals surface area contributed by atoms with Gasteiger partial charge in [0, 0.05) is 11.3 Å². The minimum Gasteiger partial charge on any atom is -0.495 e. The van der Waals surface area contributed by atoms with E-state index in [-0.39, 0.29) is 5.56 Å². The summed E-state index contributed by atoms with van der Waals surface area (Å²) in [5.74, 6) is -1.13. The molecule has 0 spiro atoms. The topological polar surface area (TPSA) is 93.4 Å². The summed E-state index contributed by atoms with van der Waals surface area (Å²) in [5, 5.41) is 5.77. The molecule has 0 aliphatic carbocycles. The normalized spacial score (nSPS) is 11.4. The van der Waals surface area contributed by atoms with Crippen molar-refractivity contribution in [3.8, 4) is 5.75 Å². The van der Waals surface area contributed by atoms with Crippen LogP contribution in [0.4, 0.5) is 15.8 Å². The zero-order chi connectivity index (χ0) is 20.8. The number of methoxy groups -OCH3 is 1. The van der Waals surface area contributed by atoms with Gasteiger partial charge in [-0.2, -0.15) is 0 Å². The Bertz CT molecular complexity index is 1020. The van der Waals surface area contributed by atoms with Crippen molar-refractivity contribution in [3.05, 3.63) is 89.7 Å². The van der Waals surface area contributed by atoms with Crippen LogP contribution < -0.4 is 21.1 Å². The largest absolute Gasteiger partial charge is 0.495 e. The first-order valence-electron chi connectivity index (χ1n) is 8.83. The van der Waals surface area contributed by atoms with Gasteiger partial charge in [-0.05, 0) is 42.0 Å². The standard InChI is InChI=1S/C22H20FN3O3/c1-29-19-11-10-17(25-20(21(24)27)14-6-3-2-4-7-14)13-18(19)26-22(28)15-8-5-9-16(23)12-15/h2-13,20,25H,1H3,(H2,24,27)(H,26,28). The van der Waals surface area contributed by atoms with Crippen LogP contribution in [-0.2, 0) is 4.79 Å². The molecule has 0 saturated heterocycles. The van der Waals surface area contributed by atoms with Gasteiger partial charge in [0.1, 0.15) is 17.6 Å². The first-order chi connectivity index (χ1) is 14.0. The van der Waals surface area contributed by atoms with Gasteiger partial charge in [0.15, 0.2) is 0 Å². The molecule has 0 radical (unpaired) electrons. The fourth-order valence-corrected chi connectivity index (χ4v) is 2.85. The molecular formula is C22H20FN3O3. The molecule has 6 nitrogen and oxygen atoms in total. The maximum Gasteiger partial charge on any atom is 0.255 e. The first-order valence-corrected chi connectivity index (χ1v) is 8.83. The minimum atomic E-state index is -0.753. The lowest BCUT2D eigenvalue weighted by molar-refractivity contribution is -0.118. The second kappa shape index (κ2) is 8.88. The van der Waals surface area contributed by atoms with Crippen LogP contribution in [0.25, 0.3) is 0 Å². The van der Waals surface area contributed by atoms with Gasteiger partial charge in [-0.3, -0.25) is 9.59 Å². The van der Waals surface area contributed by atoms with Crippen molar-refractivity contribution in [2.75, 3.05) is 17.7 Å². The second-order valence-electron chi connectivity index (χ2n) is 6.27. The lowest BCUT2D eigenvalue weighted by Crippen LogP contribution is -2.27.